The van der Waals surface area contributed by atoms with E-state index in [0.717, 1.165) is 37.3 Å². The molecule has 0 bridgehead atoms. The highest BCUT2D eigenvalue weighted by Gasteiger charge is 2.20. The van der Waals surface area contributed by atoms with Crippen LogP contribution in [0.4, 0.5) is 0 Å². The van der Waals surface area contributed by atoms with E-state index in [0.29, 0.717) is 6.42 Å². The third kappa shape index (κ3) is 3.56. The molecule has 1 aromatic heterocycles. The molecule has 2 heterocycles. The molecule has 0 saturated carbocycles. The van der Waals surface area contributed by atoms with Gasteiger partial charge in [-0.1, -0.05) is 29.8 Å². The minimum Gasteiger partial charge on any atom is -0.352 e. The fraction of sp³-hybridized carbons (Fsp3) is 0.444. The SMILES string of the molecule is Cc1ccc(CCC(=O)N[C@H]2CCc3nc(C)cn3C2)cc1. The van der Waals surface area contributed by atoms with Crippen LogP contribution in [-0.4, -0.2) is 21.5 Å². The highest BCUT2D eigenvalue weighted by molar-refractivity contribution is 5.76. The summed E-state index contributed by atoms with van der Waals surface area (Å²) < 4.78 is 2.17. The summed E-state index contributed by atoms with van der Waals surface area (Å²) >= 11 is 0. The Morgan fingerprint density at radius 3 is 2.86 bits per heavy atom. The fourth-order valence-electron chi connectivity index (χ4n) is 3.02. The minimum atomic E-state index is 0.144. The number of imidazole rings is 1. The summed E-state index contributed by atoms with van der Waals surface area (Å²) in [6.45, 7) is 4.93. The van der Waals surface area contributed by atoms with Crippen LogP contribution in [0.1, 0.15) is 35.5 Å². The lowest BCUT2D eigenvalue weighted by molar-refractivity contribution is -0.122. The number of amides is 1. The molecule has 1 aliphatic rings. The average molecular weight is 297 g/mol. The Morgan fingerprint density at radius 1 is 1.32 bits per heavy atom. The fourth-order valence-corrected chi connectivity index (χ4v) is 3.02. The second-order valence-electron chi connectivity index (χ2n) is 6.24. The van der Waals surface area contributed by atoms with Crippen molar-refractivity contribution in [2.45, 2.75) is 52.1 Å². The molecule has 4 nitrogen and oxygen atoms in total. The van der Waals surface area contributed by atoms with Gasteiger partial charge in [-0.05, 0) is 32.3 Å². The number of rotatable bonds is 4. The molecule has 0 radical (unpaired) electrons. The van der Waals surface area contributed by atoms with Crippen LogP contribution in [0.25, 0.3) is 0 Å². The number of carbonyl (C=O) groups excluding carboxylic acids is 1. The molecular weight excluding hydrogens is 274 g/mol. The first-order valence-corrected chi connectivity index (χ1v) is 7.98. The number of fused-ring (bicyclic) bond motifs is 1. The molecule has 3 rings (SSSR count). The van der Waals surface area contributed by atoms with E-state index in [9.17, 15) is 4.79 Å². The number of nitrogens with one attached hydrogen (secondary N) is 1. The van der Waals surface area contributed by atoms with Crippen molar-refractivity contribution in [1.82, 2.24) is 14.9 Å². The Hall–Kier alpha value is -2.10. The van der Waals surface area contributed by atoms with Gasteiger partial charge in [0.1, 0.15) is 5.82 Å². The number of hydrogen-bond acceptors (Lipinski definition) is 2. The molecule has 0 unspecified atom stereocenters. The van der Waals surface area contributed by atoms with Gasteiger partial charge in [-0.2, -0.15) is 0 Å². The van der Waals surface area contributed by atoms with Gasteiger partial charge in [0.2, 0.25) is 5.91 Å². The van der Waals surface area contributed by atoms with Gasteiger partial charge < -0.3 is 9.88 Å². The van der Waals surface area contributed by atoms with Gasteiger partial charge in [-0.15, -0.1) is 0 Å². The maximum absolute atomic E-state index is 12.1. The Labute approximate surface area is 131 Å². The zero-order valence-corrected chi connectivity index (χ0v) is 13.3. The van der Waals surface area contributed by atoms with Crippen molar-refractivity contribution >= 4 is 5.91 Å². The van der Waals surface area contributed by atoms with Crippen LogP contribution in [-0.2, 0) is 24.2 Å². The number of hydrogen-bond donors (Lipinski definition) is 1. The standard InChI is InChI=1S/C18H23N3O/c1-13-3-5-15(6-4-13)7-10-18(22)20-16-8-9-17-19-14(2)11-21(17)12-16/h3-6,11,16H,7-10,12H2,1-2H3,(H,20,22)/t16-/m0/s1. The van der Waals surface area contributed by atoms with Crippen LogP contribution >= 0.6 is 0 Å². The first-order valence-electron chi connectivity index (χ1n) is 7.98. The predicted octanol–water partition coefficient (Wildman–Crippen LogP) is 2.56. The lowest BCUT2D eigenvalue weighted by atomic mass is 10.1. The van der Waals surface area contributed by atoms with Crippen LogP contribution in [0.5, 0.6) is 0 Å². The number of aromatic nitrogens is 2. The van der Waals surface area contributed by atoms with E-state index in [1.54, 1.807) is 0 Å². The largest absolute Gasteiger partial charge is 0.352 e. The number of nitrogens with zero attached hydrogens (tertiary/aromatic N) is 2. The summed E-state index contributed by atoms with van der Waals surface area (Å²) in [4.78, 5) is 16.6. The summed E-state index contributed by atoms with van der Waals surface area (Å²) in [7, 11) is 0. The van der Waals surface area contributed by atoms with Gasteiger partial charge in [-0.25, -0.2) is 4.98 Å². The lowest BCUT2D eigenvalue weighted by Gasteiger charge is -2.24. The van der Waals surface area contributed by atoms with Gasteiger partial charge in [0, 0.05) is 31.6 Å². The zero-order chi connectivity index (χ0) is 15.5. The second-order valence-corrected chi connectivity index (χ2v) is 6.24. The van der Waals surface area contributed by atoms with Gasteiger partial charge in [0.15, 0.2) is 0 Å². The Morgan fingerprint density at radius 2 is 2.09 bits per heavy atom. The Bertz CT molecular complexity index is 657. The molecule has 0 fully saturated rings. The maximum Gasteiger partial charge on any atom is 0.220 e. The van der Waals surface area contributed by atoms with E-state index >= 15 is 0 Å². The van der Waals surface area contributed by atoms with E-state index in [2.05, 4.69) is 52.3 Å². The second kappa shape index (κ2) is 6.34. The molecule has 0 aliphatic carbocycles. The molecule has 1 N–H and O–H groups in total. The molecule has 0 spiro atoms. The molecule has 0 saturated heterocycles. The van der Waals surface area contributed by atoms with Crippen molar-refractivity contribution < 1.29 is 4.79 Å². The summed E-state index contributed by atoms with van der Waals surface area (Å²) in [6, 6.07) is 8.62. The molecule has 1 atom stereocenters. The van der Waals surface area contributed by atoms with E-state index in [-0.39, 0.29) is 11.9 Å². The molecule has 22 heavy (non-hydrogen) atoms. The van der Waals surface area contributed by atoms with Crippen molar-refractivity contribution in [1.29, 1.82) is 0 Å². The monoisotopic (exact) mass is 297 g/mol. The molecule has 2 aromatic rings. The van der Waals surface area contributed by atoms with Crippen LogP contribution in [0.2, 0.25) is 0 Å². The third-order valence-electron chi connectivity index (χ3n) is 4.24. The maximum atomic E-state index is 12.1. The van der Waals surface area contributed by atoms with Crippen molar-refractivity contribution in [2.75, 3.05) is 0 Å². The topological polar surface area (TPSA) is 46.9 Å². The molecule has 1 amide bonds. The van der Waals surface area contributed by atoms with Gasteiger partial charge in [0.25, 0.3) is 0 Å². The Balaban J connectivity index is 1.49. The van der Waals surface area contributed by atoms with Crippen molar-refractivity contribution in [3.63, 3.8) is 0 Å². The van der Waals surface area contributed by atoms with Gasteiger partial charge in [-0.3, -0.25) is 4.79 Å². The van der Waals surface area contributed by atoms with Crippen LogP contribution in [0.3, 0.4) is 0 Å². The van der Waals surface area contributed by atoms with Gasteiger partial charge in [0.05, 0.1) is 5.69 Å². The number of benzene rings is 1. The normalized spacial score (nSPS) is 17.1. The van der Waals surface area contributed by atoms with Crippen molar-refractivity contribution in [3.05, 3.63) is 53.1 Å². The van der Waals surface area contributed by atoms with Gasteiger partial charge >= 0.3 is 0 Å². The molecule has 4 heteroatoms. The summed E-state index contributed by atoms with van der Waals surface area (Å²) in [6.07, 6.45) is 5.34. The first kappa shape index (κ1) is 14.8. The van der Waals surface area contributed by atoms with E-state index in [1.165, 1.54) is 11.1 Å². The average Bonchev–Trinajstić information content (AvgIpc) is 2.86. The van der Waals surface area contributed by atoms with Crippen molar-refractivity contribution in [3.8, 4) is 0 Å². The van der Waals surface area contributed by atoms with Crippen molar-refractivity contribution in [2.24, 2.45) is 0 Å². The number of carbonyl (C=O) groups is 1. The summed E-state index contributed by atoms with van der Waals surface area (Å²) in [5.41, 5.74) is 3.53. The smallest absolute Gasteiger partial charge is 0.220 e. The van der Waals surface area contributed by atoms with E-state index in [1.807, 2.05) is 6.92 Å². The quantitative estimate of drug-likeness (QED) is 0.943. The number of aryl methyl sites for hydroxylation is 4. The summed E-state index contributed by atoms with van der Waals surface area (Å²) in [5.74, 6) is 1.29. The van der Waals surface area contributed by atoms with E-state index in [4.69, 9.17) is 0 Å². The zero-order valence-electron chi connectivity index (χ0n) is 13.3. The van der Waals surface area contributed by atoms with Crippen LogP contribution in [0.15, 0.2) is 30.5 Å². The Kier molecular flexibility index (Phi) is 4.27. The lowest BCUT2D eigenvalue weighted by Crippen LogP contribution is -2.40. The summed E-state index contributed by atoms with van der Waals surface area (Å²) in [5, 5.41) is 3.16. The third-order valence-corrected chi connectivity index (χ3v) is 4.24. The molecule has 116 valence electrons. The van der Waals surface area contributed by atoms with Crippen LogP contribution in [0, 0.1) is 13.8 Å². The highest BCUT2D eigenvalue weighted by atomic mass is 16.1. The highest BCUT2D eigenvalue weighted by Crippen LogP contribution is 2.15. The molecular formula is C18H23N3O. The minimum absolute atomic E-state index is 0.144. The van der Waals surface area contributed by atoms with E-state index < -0.39 is 0 Å². The molecule has 1 aromatic carbocycles. The van der Waals surface area contributed by atoms with Crippen LogP contribution < -0.4 is 5.32 Å². The molecule has 1 aliphatic heterocycles. The predicted molar refractivity (Wildman–Crippen MR) is 86.7 cm³/mol. The first-order chi connectivity index (χ1) is 10.6.